The fourth-order valence-corrected chi connectivity index (χ4v) is 3.98. The fraction of sp³-hybridized carbons (Fsp3) is 0.591. The predicted molar refractivity (Wildman–Crippen MR) is 104 cm³/mol. The smallest absolute Gasteiger partial charge is 0.410 e. The van der Waals surface area contributed by atoms with Crippen molar-refractivity contribution in [1.29, 1.82) is 0 Å². The quantitative estimate of drug-likeness (QED) is 0.709. The molecule has 0 spiro atoms. The van der Waals surface area contributed by atoms with Crippen LogP contribution in [0.2, 0.25) is 0 Å². The maximum Gasteiger partial charge on any atom is 0.410 e. The van der Waals surface area contributed by atoms with Gasteiger partial charge in [0.1, 0.15) is 12.4 Å². The topological polar surface area (TPSA) is 48.0 Å². The van der Waals surface area contributed by atoms with E-state index in [1.54, 1.807) is 11.2 Å². The zero-order chi connectivity index (χ0) is 19.2. The number of hydrogen-bond donors (Lipinski definition) is 0. The van der Waals surface area contributed by atoms with Gasteiger partial charge in [-0.3, -0.25) is 4.90 Å². The molecule has 27 heavy (non-hydrogen) atoms. The van der Waals surface area contributed by atoms with E-state index in [0.29, 0.717) is 36.6 Å². The van der Waals surface area contributed by atoms with Crippen LogP contribution in [0.25, 0.3) is 0 Å². The summed E-state index contributed by atoms with van der Waals surface area (Å²) in [5, 5.41) is 0. The summed E-state index contributed by atoms with van der Waals surface area (Å²) in [5.74, 6) is 2.18. The van der Waals surface area contributed by atoms with Crippen molar-refractivity contribution in [3.63, 3.8) is 0 Å². The standard InChI is InChI=1S/C22H31NO4/c1-16(2)20-10-9-17(3)11-21(20)27-22(24)23(13-19-14-25-15-26-19)12-18-7-5-4-6-8-18/h4-8,14,16-17,20-21H,9-13,15H2,1-3H3. The molecule has 5 heteroatoms. The Morgan fingerprint density at radius 1 is 1.22 bits per heavy atom. The first-order valence-electron chi connectivity index (χ1n) is 9.96. The summed E-state index contributed by atoms with van der Waals surface area (Å²) in [6.07, 6.45) is 4.55. The molecule has 0 saturated heterocycles. The lowest BCUT2D eigenvalue weighted by Gasteiger charge is -2.37. The van der Waals surface area contributed by atoms with E-state index in [0.717, 1.165) is 18.4 Å². The average molecular weight is 373 g/mol. The molecule has 1 saturated carbocycles. The summed E-state index contributed by atoms with van der Waals surface area (Å²) in [5.41, 5.74) is 1.06. The Morgan fingerprint density at radius 3 is 2.67 bits per heavy atom. The van der Waals surface area contributed by atoms with Gasteiger partial charge in [0.15, 0.2) is 5.76 Å². The third-order valence-electron chi connectivity index (χ3n) is 5.56. The van der Waals surface area contributed by atoms with E-state index >= 15 is 0 Å². The van der Waals surface area contributed by atoms with Crippen molar-refractivity contribution in [2.75, 3.05) is 13.3 Å². The van der Waals surface area contributed by atoms with Gasteiger partial charge in [-0.1, -0.05) is 57.5 Å². The van der Waals surface area contributed by atoms with Gasteiger partial charge < -0.3 is 14.2 Å². The maximum absolute atomic E-state index is 13.1. The van der Waals surface area contributed by atoms with E-state index in [2.05, 4.69) is 20.8 Å². The van der Waals surface area contributed by atoms with Crippen molar-refractivity contribution in [3.05, 3.63) is 47.9 Å². The van der Waals surface area contributed by atoms with Gasteiger partial charge in [0.2, 0.25) is 6.79 Å². The van der Waals surface area contributed by atoms with Crippen LogP contribution in [0.15, 0.2) is 42.4 Å². The van der Waals surface area contributed by atoms with Crippen molar-refractivity contribution in [3.8, 4) is 0 Å². The van der Waals surface area contributed by atoms with Crippen LogP contribution in [0.4, 0.5) is 4.79 Å². The van der Waals surface area contributed by atoms with Crippen molar-refractivity contribution < 1.29 is 19.0 Å². The lowest BCUT2D eigenvalue weighted by atomic mass is 9.75. The van der Waals surface area contributed by atoms with Gasteiger partial charge >= 0.3 is 6.09 Å². The van der Waals surface area contributed by atoms with Crippen LogP contribution < -0.4 is 0 Å². The summed E-state index contributed by atoms with van der Waals surface area (Å²) in [6.45, 7) is 7.72. The summed E-state index contributed by atoms with van der Waals surface area (Å²) in [4.78, 5) is 14.8. The number of ether oxygens (including phenoxy) is 3. The molecule has 2 aliphatic rings. The third-order valence-corrected chi connectivity index (χ3v) is 5.56. The van der Waals surface area contributed by atoms with E-state index in [4.69, 9.17) is 14.2 Å². The molecule has 1 aromatic carbocycles. The number of rotatable bonds is 6. The number of carbonyl (C=O) groups excluding carboxylic acids is 1. The Kier molecular flexibility index (Phi) is 6.64. The lowest BCUT2D eigenvalue weighted by molar-refractivity contribution is -0.0123. The van der Waals surface area contributed by atoms with Crippen molar-refractivity contribution in [2.24, 2.45) is 17.8 Å². The summed E-state index contributed by atoms with van der Waals surface area (Å²) >= 11 is 0. The number of amides is 1. The predicted octanol–water partition coefficient (Wildman–Crippen LogP) is 4.93. The van der Waals surface area contributed by atoms with E-state index in [1.807, 2.05) is 30.3 Å². The molecule has 5 nitrogen and oxygen atoms in total. The molecule has 0 radical (unpaired) electrons. The van der Waals surface area contributed by atoms with Crippen molar-refractivity contribution in [1.82, 2.24) is 4.90 Å². The number of hydrogen-bond acceptors (Lipinski definition) is 4. The van der Waals surface area contributed by atoms with Crippen LogP contribution in [0.5, 0.6) is 0 Å². The van der Waals surface area contributed by atoms with Crippen LogP contribution in [0, 0.1) is 17.8 Å². The fourth-order valence-electron chi connectivity index (χ4n) is 3.98. The molecule has 3 atom stereocenters. The molecular formula is C22H31NO4. The zero-order valence-corrected chi connectivity index (χ0v) is 16.6. The molecule has 1 aliphatic carbocycles. The molecule has 3 unspecified atom stereocenters. The van der Waals surface area contributed by atoms with Crippen LogP contribution in [-0.2, 0) is 20.8 Å². The van der Waals surface area contributed by atoms with Crippen LogP contribution in [-0.4, -0.2) is 30.4 Å². The highest BCUT2D eigenvalue weighted by Crippen LogP contribution is 2.35. The number of carbonyl (C=O) groups is 1. The number of nitrogens with zero attached hydrogens (tertiary/aromatic N) is 1. The van der Waals surface area contributed by atoms with E-state index < -0.39 is 0 Å². The summed E-state index contributed by atoms with van der Waals surface area (Å²) in [6, 6.07) is 9.95. The first-order chi connectivity index (χ1) is 13.0. The second-order valence-electron chi connectivity index (χ2n) is 8.10. The Morgan fingerprint density at radius 2 is 2.00 bits per heavy atom. The normalized spacial score (nSPS) is 24.7. The molecule has 1 amide bonds. The lowest BCUT2D eigenvalue weighted by Crippen LogP contribution is -2.41. The summed E-state index contributed by atoms with van der Waals surface area (Å²) in [7, 11) is 0. The van der Waals surface area contributed by atoms with Crippen LogP contribution in [0.3, 0.4) is 0 Å². The molecule has 0 bridgehead atoms. The van der Waals surface area contributed by atoms with Gasteiger partial charge in [0.05, 0.1) is 6.54 Å². The van der Waals surface area contributed by atoms with Gasteiger partial charge in [-0.2, -0.15) is 0 Å². The van der Waals surface area contributed by atoms with Crippen LogP contribution >= 0.6 is 0 Å². The van der Waals surface area contributed by atoms with Gasteiger partial charge in [-0.25, -0.2) is 4.79 Å². The van der Waals surface area contributed by atoms with Gasteiger partial charge in [-0.15, -0.1) is 0 Å². The molecular weight excluding hydrogens is 342 g/mol. The molecule has 148 valence electrons. The second kappa shape index (κ2) is 9.16. The minimum atomic E-state index is -0.278. The highest BCUT2D eigenvalue weighted by Gasteiger charge is 2.34. The SMILES string of the molecule is CC1CCC(C(C)C)C(OC(=O)N(CC2=COCO2)Cc2ccccc2)C1. The van der Waals surface area contributed by atoms with Crippen molar-refractivity contribution in [2.45, 2.75) is 52.7 Å². The minimum Gasteiger partial charge on any atom is -0.462 e. The Bertz CT molecular complexity index is 643. The first kappa shape index (κ1) is 19.6. The first-order valence-corrected chi connectivity index (χ1v) is 9.96. The largest absolute Gasteiger partial charge is 0.462 e. The third kappa shape index (κ3) is 5.41. The highest BCUT2D eigenvalue weighted by atomic mass is 16.7. The summed E-state index contributed by atoms with van der Waals surface area (Å²) < 4.78 is 16.6. The van der Waals surface area contributed by atoms with E-state index in [9.17, 15) is 4.79 Å². The molecule has 3 rings (SSSR count). The Labute approximate surface area is 162 Å². The monoisotopic (exact) mass is 373 g/mol. The van der Waals surface area contributed by atoms with Gasteiger partial charge in [0.25, 0.3) is 0 Å². The minimum absolute atomic E-state index is 0.0192. The Hall–Kier alpha value is -2.17. The molecule has 0 N–H and O–H groups in total. The molecule has 1 aliphatic heterocycles. The molecule has 0 aromatic heterocycles. The molecule has 1 fully saturated rings. The molecule has 1 aromatic rings. The highest BCUT2D eigenvalue weighted by molar-refractivity contribution is 5.68. The van der Waals surface area contributed by atoms with Gasteiger partial charge in [-0.05, 0) is 36.2 Å². The van der Waals surface area contributed by atoms with E-state index in [-0.39, 0.29) is 19.0 Å². The molecule has 1 heterocycles. The van der Waals surface area contributed by atoms with Crippen LogP contribution in [0.1, 0.15) is 45.6 Å². The Balaban J connectivity index is 1.70. The maximum atomic E-state index is 13.1. The number of benzene rings is 1. The van der Waals surface area contributed by atoms with E-state index in [1.165, 1.54) is 6.42 Å². The zero-order valence-electron chi connectivity index (χ0n) is 16.6. The van der Waals surface area contributed by atoms with Gasteiger partial charge in [0, 0.05) is 6.54 Å². The van der Waals surface area contributed by atoms with Crippen molar-refractivity contribution >= 4 is 6.09 Å². The average Bonchev–Trinajstić information content (AvgIpc) is 3.15. The second-order valence-corrected chi connectivity index (χ2v) is 8.10.